The molecule has 2 rings (SSSR count). The lowest BCUT2D eigenvalue weighted by molar-refractivity contribution is 0.0994. The van der Waals surface area contributed by atoms with Crippen LogP contribution in [0.4, 0.5) is 5.82 Å². The molecular formula is C13H14N4O2. The maximum atomic E-state index is 10.8. The lowest BCUT2D eigenvalue weighted by atomic mass is 10.1. The fourth-order valence-electron chi connectivity index (χ4n) is 1.51. The third-order valence-electron chi connectivity index (χ3n) is 2.60. The molecule has 0 atom stereocenters. The Balaban J connectivity index is 1.95. The number of anilines is 1. The van der Waals surface area contributed by atoms with Crippen LogP contribution in [0.15, 0.2) is 36.4 Å². The molecule has 0 radical (unpaired) electrons. The van der Waals surface area contributed by atoms with Gasteiger partial charge >= 0.3 is 0 Å². The van der Waals surface area contributed by atoms with E-state index < -0.39 is 5.91 Å². The summed E-state index contributed by atoms with van der Waals surface area (Å²) < 4.78 is 0. The van der Waals surface area contributed by atoms with Crippen molar-refractivity contribution >= 4 is 11.7 Å². The summed E-state index contributed by atoms with van der Waals surface area (Å²) in [5.41, 5.74) is 7.13. The molecule has 6 nitrogen and oxygen atoms in total. The van der Waals surface area contributed by atoms with Crippen LogP contribution in [0.2, 0.25) is 0 Å². The van der Waals surface area contributed by atoms with Crippen LogP contribution in [0.25, 0.3) is 0 Å². The van der Waals surface area contributed by atoms with E-state index in [4.69, 9.17) is 10.8 Å². The molecule has 0 aliphatic carbocycles. The molecule has 2 aromatic rings. The van der Waals surface area contributed by atoms with E-state index in [-0.39, 0.29) is 12.3 Å². The summed E-state index contributed by atoms with van der Waals surface area (Å²) in [6.07, 6.45) is 0. The first-order chi connectivity index (χ1) is 9.19. The fourth-order valence-corrected chi connectivity index (χ4v) is 1.51. The van der Waals surface area contributed by atoms with Crippen molar-refractivity contribution in [2.75, 3.05) is 5.32 Å². The number of hydrogen-bond donors (Lipinski definition) is 3. The van der Waals surface area contributed by atoms with Gasteiger partial charge in [0.2, 0.25) is 0 Å². The van der Waals surface area contributed by atoms with E-state index in [9.17, 15) is 4.79 Å². The number of carbonyl (C=O) groups excluding carboxylic acids is 1. The molecule has 0 aliphatic rings. The van der Waals surface area contributed by atoms with Crippen molar-refractivity contribution < 1.29 is 9.90 Å². The molecule has 6 heteroatoms. The van der Waals surface area contributed by atoms with Gasteiger partial charge in [0.25, 0.3) is 5.91 Å². The predicted octanol–water partition coefficient (Wildman–Crippen LogP) is 0.680. The quantitative estimate of drug-likeness (QED) is 0.732. The number of nitrogens with zero attached hydrogens (tertiary/aromatic N) is 2. The normalized spacial score (nSPS) is 10.2. The van der Waals surface area contributed by atoms with E-state index in [1.807, 2.05) is 24.3 Å². The summed E-state index contributed by atoms with van der Waals surface area (Å²) in [7, 11) is 0. The first-order valence-corrected chi connectivity index (χ1v) is 5.75. The second kappa shape index (κ2) is 5.92. The number of amides is 1. The van der Waals surface area contributed by atoms with Crippen molar-refractivity contribution in [3.63, 3.8) is 0 Å². The molecule has 19 heavy (non-hydrogen) atoms. The van der Waals surface area contributed by atoms with E-state index in [0.717, 1.165) is 11.1 Å². The molecule has 0 saturated carbocycles. The molecule has 4 N–H and O–H groups in total. The summed E-state index contributed by atoms with van der Waals surface area (Å²) in [5.74, 6) is -0.0325. The number of benzene rings is 1. The molecule has 0 bridgehead atoms. The van der Waals surface area contributed by atoms with Crippen molar-refractivity contribution in [2.24, 2.45) is 5.73 Å². The number of rotatable bonds is 5. The van der Waals surface area contributed by atoms with Gasteiger partial charge in [-0.3, -0.25) is 4.79 Å². The van der Waals surface area contributed by atoms with Crippen LogP contribution in [-0.4, -0.2) is 21.2 Å². The average molecular weight is 258 g/mol. The summed E-state index contributed by atoms with van der Waals surface area (Å²) in [4.78, 5) is 10.8. The van der Waals surface area contributed by atoms with Crippen LogP contribution in [0.3, 0.4) is 0 Å². The van der Waals surface area contributed by atoms with E-state index in [2.05, 4.69) is 15.5 Å². The molecular weight excluding hydrogens is 244 g/mol. The van der Waals surface area contributed by atoms with Crippen LogP contribution in [-0.2, 0) is 13.2 Å². The second-order valence-corrected chi connectivity index (χ2v) is 4.00. The van der Waals surface area contributed by atoms with Gasteiger partial charge in [-0.1, -0.05) is 24.3 Å². The Morgan fingerprint density at radius 1 is 1.11 bits per heavy atom. The Hall–Kier alpha value is -2.47. The zero-order valence-corrected chi connectivity index (χ0v) is 10.2. The smallest absolute Gasteiger partial charge is 0.269 e. The van der Waals surface area contributed by atoms with Gasteiger partial charge in [-0.25, -0.2) is 0 Å². The molecule has 0 aliphatic heterocycles. The molecule has 0 unspecified atom stereocenters. The zero-order valence-electron chi connectivity index (χ0n) is 10.2. The summed E-state index contributed by atoms with van der Waals surface area (Å²) in [5, 5.41) is 19.6. The standard InChI is InChI=1S/C13H14N4O2/c14-13(19)11-5-6-12(17-16-11)15-7-9-1-3-10(8-18)4-2-9/h1-6,18H,7-8H2,(H2,14,19)(H,15,17). The zero-order chi connectivity index (χ0) is 13.7. The maximum absolute atomic E-state index is 10.8. The van der Waals surface area contributed by atoms with Crippen LogP contribution in [0, 0.1) is 0 Å². The number of aliphatic hydroxyl groups is 1. The minimum Gasteiger partial charge on any atom is -0.392 e. The minimum absolute atomic E-state index is 0.0355. The van der Waals surface area contributed by atoms with E-state index in [0.29, 0.717) is 12.4 Å². The number of aromatic nitrogens is 2. The minimum atomic E-state index is -0.598. The van der Waals surface area contributed by atoms with E-state index in [1.54, 1.807) is 6.07 Å². The number of carbonyl (C=O) groups is 1. The number of nitrogens with one attached hydrogen (secondary N) is 1. The molecule has 0 fully saturated rings. The highest BCUT2D eigenvalue weighted by atomic mass is 16.3. The van der Waals surface area contributed by atoms with E-state index >= 15 is 0 Å². The van der Waals surface area contributed by atoms with Gasteiger partial charge in [0.05, 0.1) is 6.61 Å². The Kier molecular flexibility index (Phi) is 4.04. The topological polar surface area (TPSA) is 101 Å². The van der Waals surface area contributed by atoms with Crippen molar-refractivity contribution in [2.45, 2.75) is 13.2 Å². The Bertz CT molecular complexity index is 552. The third kappa shape index (κ3) is 3.49. The number of aliphatic hydroxyl groups excluding tert-OH is 1. The van der Waals surface area contributed by atoms with Crippen LogP contribution >= 0.6 is 0 Å². The molecule has 0 saturated heterocycles. The van der Waals surface area contributed by atoms with Gasteiger partial charge in [-0.05, 0) is 23.3 Å². The Labute approximate surface area is 110 Å². The first kappa shape index (κ1) is 13.0. The summed E-state index contributed by atoms with van der Waals surface area (Å²) >= 11 is 0. The van der Waals surface area contributed by atoms with Gasteiger partial charge < -0.3 is 16.2 Å². The molecule has 1 aromatic carbocycles. The molecule has 0 spiro atoms. The van der Waals surface area contributed by atoms with Gasteiger partial charge in [-0.2, -0.15) is 0 Å². The number of primary amides is 1. The van der Waals surface area contributed by atoms with Gasteiger partial charge in [0.15, 0.2) is 5.69 Å². The van der Waals surface area contributed by atoms with E-state index in [1.165, 1.54) is 6.07 Å². The molecule has 1 amide bonds. The molecule has 1 aromatic heterocycles. The highest BCUT2D eigenvalue weighted by Gasteiger charge is 2.02. The largest absolute Gasteiger partial charge is 0.392 e. The number of nitrogens with two attached hydrogens (primary N) is 1. The van der Waals surface area contributed by atoms with Gasteiger partial charge in [0.1, 0.15) is 5.82 Å². The highest BCUT2D eigenvalue weighted by Crippen LogP contribution is 2.08. The Morgan fingerprint density at radius 2 is 1.79 bits per heavy atom. The summed E-state index contributed by atoms with van der Waals surface area (Å²) in [6, 6.07) is 10.7. The lowest BCUT2D eigenvalue weighted by Gasteiger charge is -2.05. The summed E-state index contributed by atoms with van der Waals surface area (Å²) in [6.45, 7) is 0.615. The Morgan fingerprint density at radius 3 is 2.32 bits per heavy atom. The third-order valence-corrected chi connectivity index (χ3v) is 2.60. The second-order valence-electron chi connectivity index (χ2n) is 4.00. The van der Waals surface area contributed by atoms with Gasteiger partial charge in [0, 0.05) is 6.54 Å². The van der Waals surface area contributed by atoms with Crippen molar-refractivity contribution in [1.29, 1.82) is 0 Å². The van der Waals surface area contributed by atoms with Crippen LogP contribution in [0.1, 0.15) is 21.6 Å². The van der Waals surface area contributed by atoms with Crippen molar-refractivity contribution in [3.8, 4) is 0 Å². The lowest BCUT2D eigenvalue weighted by Crippen LogP contribution is -2.14. The SMILES string of the molecule is NC(=O)c1ccc(NCc2ccc(CO)cc2)nn1. The molecule has 1 heterocycles. The predicted molar refractivity (Wildman–Crippen MR) is 70.2 cm³/mol. The number of hydrogen-bond acceptors (Lipinski definition) is 5. The highest BCUT2D eigenvalue weighted by molar-refractivity contribution is 5.90. The van der Waals surface area contributed by atoms with Crippen LogP contribution < -0.4 is 11.1 Å². The van der Waals surface area contributed by atoms with Crippen molar-refractivity contribution in [1.82, 2.24) is 10.2 Å². The fraction of sp³-hybridized carbons (Fsp3) is 0.154. The van der Waals surface area contributed by atoms with Gasteiger partial charge in [-0.15, -0.1) is 10.2 Å². The van der Waals surface area contributed by atoms with Crippen molar-refractivity contribution in [3.05, 3.63) is 53.2 Å². The van der Waals surface area contributed by atoms with Crippen LogP contribution in [0.5, 0.6) is 0 Å². The maximum Gasteiger partial charge on any atom is 0.269 e. The average Bonchev–Trinajstić information content (AvgIpc) is 2.46. The first-order valence-electron chi connectivity index (χ1n) is 5.75. The molecule has 98 valence electrons. The monoisotopic (exact) mass is 258 g/mol.